The van der Waals surface area contributed by atoms with Gasteiger partial charge in [0.2, 0.25) is 0 Å². The van der Waals surface area contributed by atoms with E-state index in [4.69, 9.17) is 0 Å². The van der Waals surface area contributed by atoms with Crippen LogP contribution in [-0.2, 0) is 6.54 Å². The lowest BCUT2D eigenvalue weighted by atomic mass is 9.90. The Hall–Kier alpha value is -2.70. The van der Waals surface area contributed by atoms with Crippen LogP contribution in [0.5, 0.6) is 0 Å². The van der Waals surface area contributed by atoms with Gasteiger partial charge in [0.05, 0.1) is 12.5 Å². The molecule has 0 radical (unpaired) electrons. The molecule has 156 valence electrons. The maximum Gasteiger partial charge on any atom is 0.169 e. The van der Waals surface area contributed by atoms with Crippen molar-refractivity contribution in [2.45, 2.75) is 23.6 Å². The normalized spacial score (nSPS) is 13.0. The van der Waals surface area contributed by atoms with E-state index in [0.29, 0.717) is 12.1 Å². The van der Waals surface area contributed by atoms with Gasteiger partial charge < -0.3 is 0 Å². The van der Waals surface area contributed by atoms with Gasteiger partial charge in [-0.05, 0) is 36.8 Å². The number of aryl methyl sites for hydroxylation is 1. The molecule has 6 heteroatoms. The van der Waals surface area contributed by atoms with Crippen molar-refractivity contribution >= 4 is 33.5 Å². The van der Waals surface area contributed by atoms with Crippen molar-refractivity contribution in [2.75, 3.05) is 0 Å². The van der Waals surface area contributed by atoms with E-state index in [0.717, 1.165) is 14.9 Å². The summed E-state index contributed by atoms with van der Waals surface area (Å²) in [5, 5.41) is 4.20. The molecule has 0 spiro atoms. The maximum atomic E-state index is 13.8. The minimum Gasteiger partial charge on any atom is -0.294 e. The molecule has 4 rings (SSSR count). The lowest BCUT2D eigenvalue weighted by Gasteiger charge is -2.26. The van der Waals surface area contributed by atoms with E-state index in [-0.39, 0.29) is 17.0 Å². The highest BCUT2D eigenvalue weighted by molar-refractivity contribution is 9.10. The highest BCUT2D eigenvalue weighted by Crippen LogP contribution is 2.42. The molecule has 31 heavy (non-hydrogen) atoms. The molecule has 0 N–H and O–H groups in total. The number of carbonyl (C=O) groups excluding carboxylic acids is 1. The van der Waals surface area contributed by atoms with E-state index in [1.54, 1.807) is 22.8 Å². The predicted molar refractivity (Wildman–Crippen MR) is 128 cm³/mol. The van der Waals surface area contributed by atoms with Crippen LogP contribution in [0.4, 0.5) is 0 Å². The lowest BCUT2D eigenvalue weighted by molar-refractivity contribution is 0.0901. The number of carbonyl (C=O) groups is 1. The first-order valence-corrected chi connectivity index (χ1v) is 11.7. The molecule has 1 heterocycles. The summed E-state index contributed by atoms with van der Waals surface area (Å²) in [6.45, 7) is 2.53. The average molecular weight is 492 g/mol. The van der Waals surface area contributed by atoms with Gasteiger partial charge in [-0.2, -0.15) is 5.10 Å². The summed E-state index contributed by atoms with van der Waals surface area (Å²) in [5.74, 6) is -0.229. The van der Waals surface area contributed by atoms with Gasteiger partial charge in [0.1, 0.15) is 12.7 Å². The number of thioether (sulfide) groups is 1. The zero-order valence-corrected chi connectivity index (χ0v) is 19.5. The summed E-state index contributed by atoms with van der Waals surface area (Å²) in [6, 6.07) is 26.2. The molecular weight excluding hydrogens is 470 g/mol. The highest BCUT2D eigenvalue weighted by Gasteiger charge is 2.32. The number of rotatable bonds is 8. The number of benzene rings is 3. The Labute approximate surface area is 194 Å². The van der Waals surface area contributed by atoms with Crippen LogP contribution in [0.25, 0.3) is 0 Å². The highest BCUT2D eigenvalue weighted by atomic mass is 79.9. The number of halogens is 1. The van der Waals surface area contributed by atoms with Crippen molar-refractivity contribution in [3.63, 3.8) is 0 Å². The van der Waals surface area contributed by atoms with Gasteiger partial charge in [0.25, 0.3) is 0 Å². The van der Waals surface area contributed by atoms with E-state index in [1.165, 1.54) is 11.9 Å². The third kappa shape index (κ3) is 5.51. The first-order chi connectivity index (χ1) is 15.1. The van der Waals surface area contributed by atoms with E-state index in [9.17, 15) is 4.79 Å². The Morgan fingerprint density at radius 1 is 1.00 bits per heavy atom. The summed E-state index contributed by atoms with van der Waals surface area (Å²) in [7, 11) is 0. The molecule has 0 bridgehead atoms. The Kier molecular flexibility index (Phi) is 6.99. The van der Waals surface area contributed by atoms with E-state index < -0.39 is 0 Å². The minimum absolute atomic E-state index is 0.0794. The fourth-order valence-corrected chi connectivity index (χ4v) is 4.98. The van der Waals surface area contributed by atoms with Crippen LogP contribution < -0.4 is 0 Å². The molecule has 0 saturated carbocycles. The lowest BCUT2D eigenvalue weighted by Crippen LogP contribution is -2.26. The summed E-state index contributed by atoms with van der Waals surface area (Å²) >= 11 is 5.17. The average Bonchev–Trinajstić information content (AvgIpc) is 3.31. The fraction of sp³-hybridized carbons (Fsp3) is 0.160. The third-order valence-electron chi connectivity index (χ3n) is 5.09. The molecule has 0 aliphatic rings. The van der Waals surface area contributed by atoms with Crippen molar-refractivity contribution in [2.24, 2.45) is 5.92 Å². The van der Waals surface area contributed by atoms with Crippen molar-refractivity contribution < 1.29 is 4.79 Å². The Morgan fingerprint density at radius 3 is 2.35 bits per heavy atom. The first kappa shape index (κ1) is 21.5. The van der Waals surface area contributed by atoms with Crippen molar-refractivity contribution in [1.29, 1.82) is 0 Å². The van der Waals surface area contributed by atoms with Gasteiger partial charge in [-0.1, -0.05) is 76.1 Å². The number of hydrogen-bond donors (Lipinski definition) is 0. The molecule has 4 aromatic rings. The SMILES string of the molecule is Cc1ccc(S[C@H](c2ccccc2)[C@@H](Cn2cncn2)C(=O)c2ccc(Br)cc2)cc1. The Balaban J connectivity index is 1.75. The molecule has 0 saturated heterocycles. The molecule has 1 aromatic heterocycles. The van der Waals surface area contributed by atoms with E-state index in [1.807, 2.05) is 42.5 Å². The molecule has 0 amide bonds. The molecule has 3 aromatic carbocycles. The Morgan fingerprint density at radius 2 is 1.71 bits per heavy atom. The fourth-order valence-electron chi connectivity index (χ4n) is 3.46. The van der Waals surface area contributed by atoms with E-state index in [2.05, 4.69) is 69.3 Å². The summed E-state index contributed by atoms with van der Waals surface area (Å²) in [4.78, 5) is 19.0. The second kappa shape index (κ2) is 10.1. The summed E-state index contributed by atoms with van der Waals surface area (Å²) in [6.07, 6.45) is 3.17. The number of hydrogen-bond acceptors (Lipinski definition) is 4. The van der Waals surface area contributed by atoms with Crippen LogP contribution in [0.1, 0.15) is 26.7 Å². The standard InChI is InChI=1S/C25H22BrN3OS/c1-18-7-13-22(14-8-18)31-25(20-5-3-2-4-6-20)23(15-29-17-27-16-28-29)24(30)19-9-11-21(26)12-10-19/h2-14,16-17,23,25H,15H2,1H3/t23-,25+/m0/s1. The summed E-state index contributed by atoms with van der Waals surface area (Å²) < 4.78 is 2.69. The molecular formula is C25H22BrN3OS. The number of ketones is 1. The number of Topliss-reactive ketones (excluding diaryl/α,β-unsaturated/α-hetero) is 1. The number of nitrogens with zero attached hydrogens (tertiary/aromatic N) is 3. The smallest absolute Gasteiger partial charge is 0.169 e. The van der Waals surface area contributed by atoms with Crippen LogP contribution >= 0.6 is 27.7 Å². The quantitative estimate of drug-likeness (QED) is 0.212. The van der Waals surface area contributed by atoms with Gasteiger partial charge in [-0.3, -0.25) is 9.48 Å². The van der Waals surface area contributed by atoms with Crippen molar-refractivity contribution in [3.8, 4) is 0 Å². The van der Waals surface area contributed by atoms with Crippen LogP contribution in [0, 0.1) is 12.8 Å². The summed E-state index contributed by atoms with van der Waals surface area (Å²) in [5.41, 5.74) is 3.02. The molecule has 4 nitrogen and oxygen atoms in total. The third-order valence-corrected chi connectivity index (χ3v) is 7.02. The molecule has 0 aliphatic carbocycles. The predicted octanol–water partition coefficient (Wildman–Crippen LogP) is 6.38. The zero-order valence-electron chi connectivity index (χ0n) is 17.1. The second-order valence-corrected chi connectivity index (χ2v) is 9.49. The van der Waals surface area contributed by atoms with Crippen molar-refractivity contribution in [3.05, 3.63) is 113 Å². The maximum absolute atomic E-state index is 13.8. The van der Waals surface area contributed by atoms with Gasteiger partial charge in [0.15, 0.2) is 5.78 Å². The van der Waals surface area contributed by atoms with Crippen LogP contribution in [0.2, 0.25) is 0 Å². The van der Waals surface area contributed by atoms with Crippen molar-refractivity contribution in [1.82, 2.24) is 14.8 Å². The zero-order chi connectivity index (χ0) is 21.6. The molecule has 0 aliphatic heterocycles. The molecule has 0 unspecified atom stereocenters. The molecule has 0 fully saturated rings. The first-order valence-electron chi connectivity index (χ1n) is 10.0. The second-order valence-electron chi connectivity index (χ2n) is 7.36. The van der Waals surface area contributed by atoms with Crippen LogP contribution in [-0.4, -0.2) is 20.5 Å². The van der Waals surface area contributed by atoms with Gasteiger partial charge >= 0.3 is 0 Å². The van der Waals surface area contributed by atoms with Crippen LogP contribution in [0.15, 0.2) is 101 Å². The number of aromatic nitrogens is 3. The van der Waals surface area contributed by atoms with Gasteiger partial charge in [-0.15, -0.1) is 11.8 Å². The monoisotopic (exact) mass is 491 g/mol. The topological polar surface area (TPSA) is 47.8 Å². The molecule has 2 atom stereocenters. The minimum atomic E-state index is -0.323. The van der Waals surface area contributed by atoms with Gasteiger partial charge in [-0.25, -0.2) is 4.98 Å². The largest absolute Gasteiger partial charge is 0.294 e. The van der Waals surface area contributed by atoms with E-state index >= 15 is 0 Å². The van der Waals surface area contributed by atoms with Crippen LogP contribution in [0.3, 0.4) is 0 Å². The Bertz CT molecular complexity index is 1110. The van der Waals surface area contributed by atoms with Gasteiger partial charge in [0, 0.05) is 20.2 Å².